The molecule has 4 rings (SSSR count). The van der Waals surface area contributed by atoms with Crippen LogP contribution >= 0.6 is 0 Å². The maximum Gasteiger partial charge on any atom is 0.409 e. The number of likely N-dealkylation sites (tertiary alicyclic amines) is 1. The normalized spacial score (nSPS) is 20.3. The standard InChI is InChI=1S/C20H26N4O3/c1-2-27-20(26)23-11-8-15(9-12-23)21-19(25)14-6-7-16-17(13-14)24-10-4-3-5-18(24)22-16/h3-5,10,14-15H,2,6-9,11-13H2,1H3,(H,21,25). The van der Waals surface area contributed by atoms with Gasteiger partial charge in [0.2, 0.25) is 5.91 Å². The summed E-state index contributed by atoms with van der Waals surface area (Å²) in [7, 11) is 0. The largest absolute Gasteiger partial charge is 0.450 e. The Hall–Kier alpha value is -2.57. The van der Waals surface area contributed by atoms with Gasteiger partial charge in [-0.3, -0.25) is 4.79 Å². The van der Waals surface area contributed by atoms with Gasteiger partial charge >= 0.3 is 6.09 Å². The van der Waals surface area contributed by atoms with E-state index in [4.69, 9.17) is 4.74 Å². The van der Waals surface area contributed by atoms with Crippen LogP contribution in [0.1, 0.15) is 37.6 Å². The first-order valence-corrected chi connectivity index (χ1v) is 9.82. The first-order valence-electron chi connectivity index (χ1n) is 9.82. The third-order valence-electron chi connectivity index (χ3n) is 5.62. The first kappa shape index (κ1) is 17.8. The van der Waals surface area contributed by atoms with Crippen LogP contribution in [-0.2, 0) is 22.4 Å². The number of rotatable bonds is 3. The number of ether oxygens (including phenoxy) is 1. The number of pyridine rings is 1. The van der Waals surface area contributed by atoms with Crippen molar-refractivity contribution in [1.82, 2.24) is 19.6 Å². The molecule has 0 aromatic carbocycles. The predicted octanol–water partition coefficient (Wildman–Crippen LogP) is 2.18. The molecule has 2 amide bonds. The van der Waals surface area contributed by atoms with E-state index in [1.165, 1.54) is 0 Å². The molecule has 7 heteroatoms. The molecule has 2 aliphatic rings. The molecule has 0 spiro atoms. The SMILES string of the molecule is CCOC(=O)N1CCC(NC(=O)C2CCc3nc4ccccn4c3C2)CC1. The van der Waals surface area contributed by atoms with E-state index in [0.717, 1.165) is 49.1 Å². The number of fused-ring (bicyclic) bond motifs is 3. The summed E-state index contributed by atoms with van der Waals surface area (Å²) >= 11 is 0. The monoisotopic (exact) mass is 370 g/mol. The Kier molecular flexibility index (Phi) is 5.01. The summed E-state index contributed by atoms with van der Waals surface area (Å²) in [6.45, 7) is 3.46. The van der Waals surface area contributed by atoms with Gasteiger partial charge in [0, 0.05) is 43.4 Å². The van der Waals surface area contributed by atoms with Crippen LogP contribution in [0.3, 0.4) is 0 Å². The number of amides is 2. The molecule has 1 saturated heterocycles. The number of hydrogen-bond acceptors (Lipinski definition) is 4. The minimum atomic E-state index is -0.255. The molecule has 1 aliphatic carbocycles. The van der Waals surface area contributed by atoms with Gasteiger partial charge < -0.3 is 19.4 Å². The number of carbonyl (C=O) groups is 2. The summed E-state index contributed by atoms with van der Waals surface area (Å²) in [5.41, 5.74) is 3.23. The lowest BCUT2D eigenvalue weighted by Crippen LogP contribution is -2.48. The van der Waals surface area contributed by atoms with Gasteiger partial charge in [-0.15, -0.1) is 0 Å². The number of imidazole rings is 1. The zero-order chi connectivity index (χ0) is 18.8. The summed E-state index contributed by atoms with van der Waals surface area (Å²) in [4.78, 5) is 31.0. The van der Waals surface area contributed by atoms with E-state index in [1.807, 2.05) is 31.3 Å². The lowest BCUT2D eigenvalue weighted by atomic mass is 9.88. The van der Waals surface area contributed by atoms with Gasteiger partial charge in [0.25, 0.3) is 0 Å². The van der Waals surface area contributed by atoms with Crippen molar-refractivity contribution in [1.29, 1.82) is 0 Å². The van der Waals surface area contributed by atoms with E-state index in [9.17, 15) is 9.59 Å². The summed E-state index contributed by atoms with van der Waals surface area (Å²) in [6.07, 6.45) is 5.73. The van der Waals surface area contributed by atoms with Crippen LogP contribution in [0.4, 0.5) is 4.79 Å². The van der Waals surface area contributed by atoms with Crippen molar-refractivity contribution in [3.05, 3.63) is 35.8 Å². The van der Waals surface area contributed by atoms with Gasteiger partial charge in [-0.1, -0.05) is 6.07 Å². The molecule has 0 radical (unpaired) electrons. The van der Waals surface area contributed by atoms with E-state index in [1.54, 1.807) is 4.90 Å². The van der Waals surface area contributed by atoms with Crippen LogP contribution in [0.2, 0.25) is 0 Å². The molecule has 2 aromatic rings. The van der Waals surface area contributed by atoms with E-state index in [-0.39, 0.29) is 24.0 Å². The molecule has 3 heterocycles. The number of nitrogens with zero attached hydrogens (tertiary/aromatic N) is 3. The summed E-state index contributed by atoms with van der Waals surface area (Å²) < 4.78 is 7.15. The fourth-order valence-corrected chi connectivity index (χ4v) is 4.12. The Labute approximate surface area is 158 Å². The molecule has 7 nitrogen and oxygen atoms in total. The highest BCUT2D eigenvalue weighted by Gasteiger charge is 2.30. The quantitative estimate of drug-likeness (QED) is 0.898. The maximum atomic E-state index is 12.8. The fraction of sp³-hybridized carbons (Fsp3) is 0.550. The molecular formula is C20H26N4O3. The van der Waals surface area contributed by atoms with Crippen LogP contribution in [0.15, 0.2) is 24.4 Å². The van der Waals surface area contributed by atoms with Crippen molar-refractivity contribution in [3.8, 4) is 0 Å². The Morgan fingerprint density at radius 3 is 2.85 bits per heavy atom. The second-order valence-corrected chi connectivity index (χ2v) is 7.34. The molecule has 1 atom stereocenters. The van der Waals surface area contributed by atoms with Crippen molar-refractivity contribution < 1.29 is 14.3 Å². The molecule has 1 N–H and O–H groups in total. The van der Waals surface area contributed by atoms with Gasteiger partial charge in [0.05, 0.1) is 12.3 Å². The van der Waals surface area contributed by atoms with Crippen LogP contribution in [-0.4, -0.2) is 52.0 Å². The van der Waals surface area contributed by atoms with E-state index in [2.05, 4.69) is 14.7 Å². The topological polar surface area (TPSA) is 75.9 Å². The number of hydrogen-bond donors (Lipinski definition) is 1. The molecule has 144 valence electrons. The highest BCUT2D eigenvalue weighted by atomic mass is 16.6. The van der Waals surface area contributed by atoms with Crippen LogP contribution in [0, 0.1) is 5.92 Å². The second kappa shape index (κ2) is 7.58. The van der Waals surface area contributed by atoms with Crippen molar-refractivity contribution in [3.63, 3.8) is 0 Å². The number of nitrogens with one attached hydrogen (secondary N) is 1. The zero-order valence-electron chi connectivity index (χ0n) is 15.7. The number of aryl methyl sites for hydroxylation is 1. The highest BCUT2D eigenvalue weighted by molar-refractivity contribution is 5.79. The van der Waals surface area contributed by atoms with Crippen LogP contribution < -0.4 is 5.32 Å². The average molecular weight is 370 g/mol. The molecular weight excluding hydrogens is 344 g/mol. The number of aromatic nitrogens is 2. The highest BCUT2D eigenvalue weighted by Crippen LogP contribution is 2.27. The molecule has 1 unspecified atom stereocenters. The Bertz CT molecular complexity index is 839. The third kappa shape index (κ3) is 3.63. The van der Waals surface area contributed by atoms with Crippen molar-refractivity contribution >= 4 is 17.6 Å². The Balaban J connectivity index is 1.34. The molecule has 27 heavy (non-hydrogen) atoms. The lowest BCUT2D eigenvalue weighted by Gasteiger charge is -2.32. The van der Waals surface area contributed by atoms with Crippen molar-refractivity contribution in [2.75, 3.05) is 19.7 Å². The van der Waals surface area contributed by atoms with Gasteiger partial charge in [-0.25, -0.2) is 9.78 Å². The summed E-state index contributed by atoms with van der Waals surface area (Å²) in [5.74, 6) is 0.113. The summed E-state index contributed by atoms with van der Waals surface area (Å²) in [5, 5.41) is 3.20. The third-order valence-corrected chi connectivity index (χ3v) is 5.62. The molecule has 1 aliphatic heterocycles. The summed E-state index contributed by atoms with van der Waals surface area (Å²) in [6, 6.07) is 6.12. The van der Waals surface area contributed by atoms with Crippen LogP contribution in [0.5, 0.6) is 0 Å². The number of piperidine rings is 1. The second-order valence-electron chi connectivity index (χ2n) is 7.34. The van der Waals surface area contributed by atoms with Gasteiger partial charge in [-0.05, 0) is 44.7 Å². The first-order chi connectivity index (χ1) is 13.2. The van der Waals surface area contributed by atoms with Crippen molar-refractivity contribution in [2.45, 2.75) is 45.1 Å². The van der Waals surface area contributed by atoms with Gasteiger partial charge in [-0.2, -0.15) is 0 Å². The maximum absolute atomic E-state index is 12.8. The molecule has 1 fully saturated rings. The average Bonchev–Trinajstić information content (AvgIpc) is 3.06. The number of carbonyl (C=O) groups excluding carboxylic acids is 2. The minimum Gasteiger partial charge on any atom is -0.450 e. The van der Waals surface area contributed by atoms with Crippen LogP contribution in [0.25, 0.3) is 5.65 Å². The molecule has 0 saturated carbocycles. The van der Waals surface area contributed by atoms with E-state index < -0.39 is 0 Å². The smallest absolute Gasteiger partial charge is 0.409 e. The van der Waals surface area contributed by atoms with E-state index >= 15 is 0 Å². The Morgan fingerprint density at radius 1 is 1.26 bits per heavy atom. The Morgan fingerprint density at radius 2 is 2.07 bits per heavy atom. The predicted molar refractivity (Wildman–Crippen MR) is 100 cm³/mol. The minimum absolute atomic E-state index is 0.0132. The van der Waals surface area contributed by atoms with E-state index in [0.29, 0.717) is 19.7 Å². The fourth-order valence-electron chi connectivity index (χ4n) is 4.12. The van der Waals surface area contributed by atoms with Gasteiger partial charge in [0.1, 0.15) is 5.65 Å². The zero-order valence-corrected chi connectivity index (χ0v) is 15.7. The van der Waals surface area contributed by atoms with Crippen molar-refractivity contribution in [2.24, 2.45) is 5.92 Å². The molecule has 2 aromatic heterocycles. The lowest BCUT2D eigenvalue weighted by molar-refractivity contribution is -0.126. The van der Waals surface area contributed by atoms with Gasteiger partial charge in [0.15, 0.2) is 0 Å². The molecule has 0 bridgehead atoms.